The van der Waals surface area contributed by atoms with Crippen molar-refractivity contribution in [2.45, 2.75) is 32.9 Å². The molecule has 2 aromatic rings. The van der Waals surface area contributed by atoms with Gasteiger partial charge in [-0.05, 0) is 38.0 Å². The second-order valence-corrected chi connectivity index (χ2v) is 7.10. The highest BCUT2D eigenvalue weighted by Gasteiger charge is 2.27. The fraction of sp³-hybridized carbons (Fsp3) is 0.524. The number of benzene rings is 1. The zero-order valence-electron chi connectivity index (χ0n) is 17.1. The molecule has 7 heteroatoms. The molecule has 1 saturated heterocycles. The quantitative estimate of drug-likeness (QED) is 0.722. The Hall–Kier alpha value is -2.38. The molecule has 1 aliphatic rings. The van der Waals surface area contributed by atoms with E-state index >= 15 is 0 Å². The van der Waals surface area contributed by atoms with E-state index in [0.29, 0.717) is 12.6 Å². The summed E-state index contributed by atoms with van der Waals surface area (Å²) in [5.74, 6) is 2.49. The third-order valence-electron chi connectivity index (χ3n) is 5.08. The van der Waals surface area contributed by atoms with Crippen molar-refractivity contribution >= 4 is 11.8 Å². The minimum Gasteiger partial charge on any atom is -0.494 e. The Bertz CT molecular complexity index is 753. The Labute approximate surface area is 167 Å². The summed E-state index contributed by atoms with van der Waals surface area (Å²) in [7, 11) is 1.84. The average molecular weight is 386 g/mol. The maximum absolute atomic E-state index is 9.58. The summed E-state index contributed by atoms with van der Waals surface area (Å²) < 4.78 is 5.53. The second-order valence-electron chi connectivity index (χ2n) is 7.10. The third kappa shape index (κ3) is 5.11. The summed E-state index contributed by atoms with van der Waals surface area (Å²) >= 11 is 0. The molecule has 1 aromatic heterocycles. The minimum absolute atomic E-state index is 0.183. The fourth-order valence-corrected chi connectivity index (χ4v) is 3.65. The maximum Gasteiger partial charge on any atom is 0.224 e. The lowest BCUT2D eigenvalue weighted by Crippen LogP contribution is -2.53. The molecule has 0 aliphatic carbocycles. The van der Waals surface area contributed by atoms with E-state index in [9.17, 15) is 5.11 Å². The van der Waals surface area contributed by atoms with Crippen LogP contribution in [0.4, 0.5) is 11.8 Å². The first-order valence-electron chi connectivity index (χ1n) is 9.98. The Morgan fingerprint density at radius 1 is 1.21 bits per heavy atom. The van der Waals surface area contributed by atoms with Crippen LogP contribution in [0.1, 0.15) is 24.6 Å². The number of aryl methyl sites for hydroxylation is 1. The molecule has 0 spiro atoms. The summed E-state index contributed by atoms with van der Waals surface area (Å²) in [6, 6.07) is 10.6. The van der Waals surface area contributed by atoms with E-state index in [-0.39, 0.29) is 12.6 Å². The van der Waals surface area contributed by atoms with Gasteiger partial charge in [-0.1, -0.05) is 12.1 Å². The first-order valence-corrected chi connectivity index (χ1v) is 9.98. The van der Waals surface area contributed by atoms with Crippen LogP contribution in [0.15, 0.2) is 30.3 Å². The molecule has 0 radical (unpaired) electrons. The van der Waals surface area contributed by atoms with Crippen LogP contribution in [0.5, 0.6) is 5.75 Å². The van der Waals surface area contributed by atoms with Gasteiger partial charge in [-0.3, -0.25) is 4.90 Å². The number of ether oxygens (including phenoxy) is 1. The van der Waals surface area contributed by atoms with Gasteiger partial charge in [0.05, 0.1) is 6.61 Å². The molecule has 28 heavy (non-hydrogen) atoms. The van der Waals surface area contributed by atoms with Gasteiger partial charge in [0.1, 0.15) is 11.6 Å². The van der Waals surface area contributed by atoms with E-state index in [1.54, 1.807) is 0 Å². The molecule has 2 heterocycles. The molecule has 7 nitrogen and oxygen atoms in total. The molecule has 1 aliphatic heterocycles. The van der Waals surface area contributed by atoms with Crippen molar-refractivity contribution in [2.24, 2.45) is 0 Å². The lowest BCUT2D eigenvalue weighted by Gasteiger charge is -2.42. The van der Waals surface area contributed by atoms with Crippen molar-refractivity contribution in [1.82, 2.24) is 14.9 Å². The molecular weight excluding hydrogens is 354 g/mol. The van der Waals surface area contributed by atoms with Crippen LogP contribution in [0.25, 0.3) is 0 Å². The van der Waals surface area contributed by atoms with Gasteiger partial charge in [0.15, 0.2) is 0 Å². The predicted octanol–water partition coefficient (Wildman–Crippen LogP) is 2.30. The highest BCUT2D eigenvalue weighted by molar-refractivity contribution is 5.45. The molecule has 0 saturated carbocycles. The van der Waals surface area contributed by atoms with Crippen LogP contribution < -0.4 is 15.0 Å². The topological polar surface area (TPSA) is 73.8 Å². The Kier molecular flexibility index (Phi) is 7.06. The smallest absolute Gasteiger partial charge is 0.224 e. The van der Waals surface area contributed by atoms with Gasteiger partial charge in [-0.15, -0.1) is 0 Å². The van der Waals surface area contributed by atoms with Crippen molar-refractivity contribution in [3.05, 3.63) is 41.6 Å². The number of nitrogens with one attached hydrogen (secondary N) is 1. The number of aromatic nitrogens is 2. The van der Waals surface area contributed by atoms with Crippen LogP contribution in [-0.2, 0) is 6.54 Å². The number of anilines is 2. The van der Waals surface area contributed by atoms with Crippen molar-refractivity contribution in [3.63, 3.8) is 0 Å². The second kappa shape index (κ2) is 9.71. The lowest BCUT2D eigenvalue weighted by atomic mass is 10.1. The number of hydrogen-bond donors (Lipinski definition) is 2. The highest BCUT2D eigenvalue weighted by Crippen LogP contribution is 2.23. The summed E-state index contributed by atoms with van der Waals surface area (Å²) in [6.07, 6.45) is 0.747. The van der Waals surface area contributed by atoms with Crippen molar-refractivity contribution in [3.8, 4) is 5.75 Å². The standard InChI is InChI=1S/C21H31N5O2/c1-4-28-19-7-5-17(6-8-19)14-25-10-11-26(15-18(25)9-12-27)20-13-16(2)23-21(22-3)24-20/h5-8,13,18,27H,4,9-12,14-15H2,1-3H3,(H,22,23,24). The molecule has 1 aromatic carbocycles. The molecule has 152 valence electrons. The predicted molar refractivity (Wildman–Crippen MR) is 112 cm³/mol. The Morgan fingerprint density at radius 2 is 2.00 bits per heavy atom. The van der Waals surface area contributed by atoms with E-state index in [1.165, 1.54) is 5.56 Å². The summed E-state index contributed by atoms with van der Waals surface area (Å²) in [5, 5.41) is 12.6. The summed E-state index contributed by atoms with van der Waals surface area (Å²) in [5.41, 5.74) is 2.21. The van der Waals surface area contributed by atoms with E-state index in [0.717, 1.165) is 49.9 Å². The molecular formula is C21H31N5O2. The highest BCUT2D eigenvalue weighted by atomic mass is 16.5. The van der Waals surface area contributed by atoms with Crippen LogP contribution in [0, 0.1) is 6.92 Å². The average Bonchev–Trinajstić information content (AvgIpc) is 2.70. The van der Waals surface area contributed by atoms with E-state index in [4.69, 9.17) is 4.74 Å². The van der Waals surface area contributed by atoms with E-state index in [1.807, 2.05) is 39.1 Å². The van der Waals surface area contributed by atoms with E-state index < -0.39 is 0 Å². The molecule has 0 bridgehead atoms. The lowest BCUT2D eigenvalue weighted by molar-refractivity contribution is 0.135. The molecule has 2 N–H and O–H groups in total. The maximum atomic E-state index is 9.58. The van der Waals surface area contributed by atoms with Crippen LogP contribution in [0.3, 0.4) is 0 Å². The van der Waals surface area contributed by atoms with Gasteiger partial charge in [0.2, 0.25) is 5.95 Å². The summed E-state index contributed by atoms with van der Waals surface area (Å²) in [4.78, 5) is 13.7. The minimum atomic E-state index is 0.183. The number of aliphatic hydroxyl groups excluding tert-OH is 1. The van der Waals surface area contributed by atoms with E-state index in [2.05, 4.69) is 37.2 Å². The van der Waals surface area contributed by atoms with Gasteiger partial charge in [-0.25, -0.2) is 4.98 Å². The number of hydrogen-bond acceptors (Lipinski definition) is 7. The van der Waals surface area contributed by atoms with Crippen LogP contribution in [0.2, 0.25) is 0 Å². The third-order valence-corrected chi connectivity index (χ3v) is 5.08. The van der Waals surface area contributed by atoms with Crippen molar-refractivity contribution in [1.29, 1.82) is 0 Å². The Balaban J connectivity index is 1.69. The van der Waals surface area contributed by atoms with Crippen molar-refractivity contribution in [2.75, 3.05) is 50.1 Å². The number of aliphatic hydroxyl groups is 1. The molecule has 1 unspecified atom stereocenters. The van der Waals surface area contributed by atoms with Gasteiger partial charge in [0, 0.05) is 57.6 Å². The first-order chi connectivity index (χ1) is 13.6. The van der Waals surface area contributed by atoms with Gasteiger partial charge < -0.3 is 20.1 Å². The molecule has 1 fully saturated rings. The zero-order valence-corrected chi connectivity index (χ0v) is 17.1. The van der Waals surface area contributed by atoms with Gasteiger partial charge in [0.25, 0.3) is 0 Å². The molecule has 0 amide bonds. The van der Waals surface area contributed by atoms with Crippen LogP contribution >= 0.6 is 0 Å². The number of rotatable bonds is 8. The SMILES string of the molecule is CCOc1ccc(CN2CCN(c3cc(C)nc(NC)n3)CC2CCO)cc1. The van der Waals surface area contributed by atoms with Gasteiger partial charge >= 0.3 is 0 Å². The Morgan fingerprint density at radius 3 is 2.68 bits per heavy atom. The first kappa shape index (κ1) is 20.4. The van der Waals surface area contributed by atoms with Crippen LogP contribution in [-0.4, -0.2) is 65.9 Å². The largest absolute Gasteiger partial charge is 0.494 e. The van der Waals surface area contributed by atoms with Crippen molar-refractivity contribution < 1.29 is 9.84 Å². The summed E-state index contributed by atoms with van der Waals surface area (Å²) in [6.45, 7) is 8.38. The monoisotopic (exact) mass is 385 g/mol. The molecule has 1 atom stereocenters. The fourth-order valence-electron chi connectivity index (χ4n) is 3.65. The number of piperazine rings is 1. The molecule has 3 rings (SSSR count). The zero-order chi connectivity index (χ0) is 19.9. The van der Waals surface area contributed by atoms with Gasteiger partial charge in [-0.2, -0.15) is 4.98 Å². The normalized spacial score (nSPS) is 17.6. The number of nitrogens with zero attached hydrogens (tertiary/aromatic N) is 4.